The second kappa shape index (κ2) is 6.16. The van der Waals surface area contributed by atoms with Crippen LogP contribution in [-0.4, -0.2) is 42.5 Å². The van der Waals surface area contributed by atoms with Crippen LogP contribution in [-0.2, 0) is 4.79 Å². The topological polar surface area (TPSA) is 58.4 Å². The number of nitrogens with two attached hydrogens (primary N) is 1. The molecule has 0 saturated carbocycles. The SMILES string of the molecule is CN1[C@@H]2CC[C@H]1C[C@@H](NC(=O)C(CN)c1ccccc1)C2. The van der Waals surface area contributed by atoms with Crippen LogP contribution in [0.5, 0.6) is 0 Å². The molecule has 2 bridgehead atoms. The standard InChI is InChI=1S/C17H25N3O/c1-20-14-7-8-15(20)10-13(9-14)19-17(21)16(11-18)12-5-3-2-4-6-12/h2-6,13-16H,7-11,18H2,1H3,(H,19,21)/t13-,14+,15-,16?. The van der Waals surface area contributed by atoms with Crippen molar-refractivity contribution in [1.29, 1.82) is 0 Å². The van der Waals surface area contributed by atoms with Crippen molar-refractivity contribution < 1.29 is 4.79 Å². The number of benzene rings is 1. The zero-order valence-electron chi connectivity index (χ0n) is 12.7. The number of amides is 1. The van der Waals surface area contributed by atoms with Crippen molar-refractivity contribution >= 4 is 5.91 Å². The zero-order chi connectivity index (χ0) is 14.8. The van der Waals surface area contributed by atoms with Crippen LogP contribution < -0.4 is 11.1 Å². The number of carbonyl (C=O) groups excluding carboxylic acids is 1. The Hall–Kier alpha value is -1.39. The van der Waals surface area contributed by atoms with E-state index in [2.05, 4.69) is 17.3 Å². The van der Waals surface area contributed by atoms with Crippen molar-refractivity contribution in [2.45, 2.75) is 49.7 Å². The van der Waals surface area contributed by atoms with Crippen molar-refractivity contribution in [3.63, 3.8) is 0 Å². The summed E-state index contributed by atoms with van der Waals surface area (Å²) in [6.45, 7) is 0.356. The smallest absolute Gasteiger partial charge is 0.229 e. The summed E-state index contributed by atoms with van der Waals surface area (Å²) in [4.78, 5) is 15.0. The predicted molar refractivity (Wildman–Crippen MR) is 84.0 cm³/mol. The summed E-state index contributed by atoms with van der Waals surface area (Å²) in [5.41, 5.74) is 6.84. The molecule has 2 aliphatic heterocycles. The monoisotopic (exact) mass is 287 g/mol. The fourth-order valence-corrected chi connectivity index (χ4v) is 3.91. The van der Waals surface area contributed by atoms with E-state index >= 15 is 0 Å². The van der Waals surface area contributed by atoms with Gasteiger partial charge in [0.2, 0.25) is 5.91 Å². The van der Waals surface area contributed by atoms with E-state index in [0.717, 1.165) is 18.4 Å². The van der Waals surface area contributed by atoms with Gasteiger partial charge in [-0.2, -0.15) is 0 Å². The van der Waals surface area contributed by atoms with Crippen LogP contribution in [0.1, 0.15) is 37.2 Å². The lowest BCUT2D eigenvalue weighted by Crippen LogP contribution is -2.50. The Bertz CT molecular complexity index is 476. The van der Waals surface area contributed by atoms with E-state index in [-0.39, 0.29) is 11.8 Å². The second-order valence-corrected chi connectivity index (χ2v) is 6.43. The number of hydrogen-bond acceptors (Lipinski definition) is 3. The third-order valence-corrected chi connectivity index (χ3v) is 5.20. The molecular formula is C17H25N3O. The van der Waals surface area contributed by atoms with Crippen LogP contribution >= 0.6 is 0 Å². The molecule has 3 rings (SSSR count). The first-order valence-corrected chi connectivity index (χ1v) is 7.96. The van der Waals surface area contributed by atoms with E-state index in [1.807, 2.05) is 30.3 Å². The number of nitrogens with zero attached hydrogens (tertiary/aromatic N) is 1. The van der Waals surface area contributed by atoms with E-state index in [1.165, 1.54) is 12.8 Å². The lowest BCUT2D eigenvalue weighted by atomic mass is 9.94. The van der Waals surface area contributed by atoms with E-state index in [9.17, 15) is 4.79 Å². The molecule has 2 aliphatic rings. The van der Waals surface area contributed by atoms with Crippen molar-refractivity contribution in [3.8, 4) is 0 Å². The Balaban J connectivity index is 1.63. The highest BCUT2D eigenvalue weighted by molar-refractivity contribution is 5.84. The van der Waals surface area contributed by atoms with Crippen LogP contribution in [0.15, 0.2) is 30.3 Å². The molecule has 2 heterocycles. The van der Waals surface area contributed by atoms with E-state index in [4.69, 9.17) is 5.73 Å². The van der Waals surface area contributed by atoms with Gasteiger partial charge in [-0.25, -0.2) is 0 Å². The van der Waals surface area contributed by atoms with Crippen LogP contribution in [0.4, 0.5) is 0 Å². The number of rotatable bonds is 4. The van der Waals surface area contributed by atoms with Crippen LogP contribution in [0.2, 0.25) is 0 Å². The number of carbonyl (C=O) groups is 1. The first-order valence-electron chi connectivity index (χ1n) is 7.96. The summed E-state index contributed by atoms with van der Waals surface area (Å²) in [6, 6.07) is 11.4. The van der Waals surface area contributed by atoms with Gasteiger partial charge in [-0.3, -0.25) is 4.79 Å². The van der Waals surface area contributed by atoms with Gasteiger partial charge in [-0.1, -0.05) is 30.3 Å². The normalized spacial score (nSPS) is 30.1. The lowest BCUT2D eigenvalue weighted by molar-refractivity contribution is -0.123. The molecule has 4 nitrogen and oxygen atoms in total. The molecule has 1 unspecified atom stereocenters. The summed E-state index contributed by atoms with van der Waals surface area (Å²) in [6.07, 6.45) is 4.69. The Morgan fingerprint density at radius 1 is 1.29 bits per heavy atom. The lowest BCUT2D eigenvalue weighted by Gasteiger charge is -2.37. The minimum Gasteiger partial charge on any atom is -0.353 e. The van der Waals surface area contributed by atoms with Gasteiger partial charge in [-0.05, 0) is 38.3 Å². The Morgan fingerprint density at radius 2 is 1.90 bits per heavy atom. The van der Waals surface area contributed by atoms with Gasteiger partial charge in [0, 0.05) is 24.7 Å². The molecule has 3 N–H and O–H groups in total. The molecule has 1 aromatic rings. The fraction of sp³-hybridized carbons (Fsp3) is 0.588. The Morgan fingerprint density at radius 3 is 2.48 bits per heavy atom. The molecule has 4 atom stereocenters. The zero-order valence-corrected chi connectivity index (χ0v) is 12.7. The van der Waals surface area contributed by atoms with Gasteiger partial charge < -0.3 is 16.0 Å². The first-order chi connectivity index (χ1) is 10.2. The van der Waals surface area contributed by atoms with Gasteiger partial charge in [0.1, 0.15) is 0 Å². The molecule has 0 spiro atoms. The Labute approximate surface area is 126 Å². The predicted octanol–water partition coefficient (Wildman–Crippen LogP) is 1.47. The highest BCUT2D eigenvalue weighted by Gasteiger charge is 2.39. The fourth-order valence-electron chi connectivity index (χ4n) is 3.91. The molecule has 1 amide bonds. The minimum atomic E-state index is -0.233. The summed E-state index contributed by atoms with van der Waals surface area (Å²) >= 11 is 0. The molecule has 114 valence electrons. The first kappa shape index (κ1) is 14.5. The maximum absolute atomic E-state index is 12.6. The minimum absolute atomic E-state index is 0.0812. The average molecular weight is 287 g/mol. The van der Waals surface area contributed by atoms with E-state index in [0.29, 0.717) is 24.7 Å². The molecule has 0 aliphatic carbocycles. The van der Waals surface area contributed by atoms with Gasteiger partial charge in [0.25, 0.3) is 0 Å². The molecule has 2 fully saturated rings. The van der Waals surface area contributed by atoms with Gasteiger partial charge >= 0.3 is 0 Å². The highest BCUT2D eigenvalue weighted by Crippen LogP contribution is 2.34. The number of piperidine rings is 1. The second-order valence-electron chi connectivity index (χ2n) is 6.43. The number of nitrogens with one attached hydrogen (secondary N) is 1. The van der Waals surface area contributed by atoms with Crippen molar-refractivity contribution in [1.82, 2.24) is 10.2 Å². The van der Waals surface area contributed by atoms with Crippen molar-refractivity contribution in [3.05, 3.63) is 35.9 Å². The summed E-state index contributed by atoms with van der Waals surface area (Å²) < 4.78 is 0. The van der Waals surface area contributed by atoms with E-state index < -0.39 is 0 Å². The number of hydrogen-bond donors (Lipinski definition) is 2. The van der Waals surface area contributed by atoms with Crippen LogP contribution in [0.3, 0.4) is 0 Å². The third-order valence-electron chi connectivity index (χ3n) is 5.20. The molecular weight excluding hydrogens is 262 g/mol. The average Bonchev–Trinajstić information content (AvgIpc) is 2.72. The maximum atomic E-state index is 12.6. The third kappa shape index (κ3) is 2.97. The van der Waals surface area contributed by atoms with Gasteiger partial charge in [0.15, 0.2) is 0 Å². The molecule has 21 heavy (non-hydrogen) atoms. The van der Waals surface area contributed by atoms with Crippen molar-refractivity contribution in [2.24, 2.45) is 5.73 Å². The summed E-state index contributed by atoms with van der Waals surface area (Å²) in [5, 5.41) is 3.24. The quantitative estimate of drug-likeness (QED) is 0.881. The highest BCUT2D eigenvalue weighted by atomic mass is 16.2. The summed E-state index contributed by atoms with van der Waals surface area (Å²) in [7, 11) is 2.22. The maximum Gasteiger partial charge on any atom is 0.229 e. The molecule has 1 aromatic carbocycles. The van der Waals surface area contributed by atoms with E-state index in [1.54, 1.807) is 0 Å². The molecule has 4 heteroatoms. The van der Waals surface area contributed by atoms with Gasteiger partial charge in [0.05, 0.1) is 5.92 Å². The number of fused-ring (bicyclic) bond motifs is 2. The molecule has 2 saturated heterocycles. The van der Waals surface area contributed by atoms with Crippen LogP contribution in [0.25, 0.3) is 0 Å². The van der Waals surface area contributed by atoms with Gasteiger partial charge in [-0.15, -0.1) is 0 Å². The van der Waals surface area contributed by atoms with Crippen LogP contribution in [0, 0.1) is 0 Å². The Kier molecular flexibility index (Phi) is 4.27. The molecule has 0 radical (unpaired) electrons. The molecule has 0 aromatic heterocycles. The van der Waals surface area contributed by atoms with Crippen molar-refractivity contribution in [2.75, 3.05) is 13.6 Å². The largest absolute Gasteiger partial charge is 0.353 e. The summed E-state index contributed by atoms with van der Waals surface area (Å²) in [5.74, 6) is -0.152.